The maximum Gasteiger partial charge on any atom is 0.330 e. The van der Waals surface area contributed by atoms with Crippen molar-refractivity contribution >= 4 is 18.0 Å². The van der Waals surface area contributed by atoms with Gasteiger partial charge in [-0.25, -0.2) is 4.79 Å². The summed E-state index contributed by atoms with van der Waals surface area (Å²) < 4.78 is 4.79. The van der Waals surface area contributed by atoms with Crippen LogP contribution < -0.4 is 5.32 Å². The van der Waals surface area contributed by atoms with E-state index in [1.807, 2.05) is 13.0 Å². The summed E-state index contributed by atoms with van der Waals surface area (Å²) in [5, 5.41) is 2.57. The lowest BCUT2D eigenvalue weighted by atomic mass is 10.0. The first-order valence-corrected chi connectivity index (χ1v) is 5.76. The molecule has 0 fully saturated rings. The zero-order chi connectivity index (χ0) is 13.5. The van der Waals surface area contributed by atoms with Gasteiger partial charge in [0.1, 0.15) is 0 Å². The molecular formula is C14H17NO3. The zero-order valence-corrected chi connectivity index (χ0v) is 10.8. The van der Waals surface area contributed by atoms with Crippen molar-refractivity contribution in [3.63, 3.8) is 0 Å². The van der Waals surface area contributed by atoms with Crippen molar-refractivity contribution < 1.29 is 14.3 Å². The van der Waals surface area contributed by atoms with Crippen molar-refractivity contribution in [2.75, 3.05) is 13.7 Å². The van der Waals surface area contributed by atoms with E-state index in [1.165, 1.54) is 6.08 Å². The minimum atomic E-state index is -0.416. The van der Waals surface area contributed by atoms with E-state index in [0.717, 1.165) is 5.56 Å². The quantitative estimate of drug-likeness (QED) is 0.653. The Bertz CT molecular complexity index is 478. The van der Waals surface area contributed by atoms with Gasteiger partial charge in [0, 0.05) is 18.7 Å². The molecule has 0 aromatic heterocycles. The highest BCUT2D eigenvalue weighted by Gasteiger charge is 2.08. The predicted octanol–water partition coefficient (Wildman–Crippen LogP) is 1.93. The number of ether oxygens (including phenoxy) is 1. The molecule has 1 aromatic rings. The lowest BCUT2D eigenvalue weighted by Crippen LogP contribution is -2.19. The fourth-order valence-corrected chi connectivity index (χ4v) is 1.49. The van der Waals surface area contributed by atoms with E-state index in [-0.39, 0.29) is 5.91 Å². The molecule has 96 valence electrons. The van der Waals surface area contributed by atoms with E-state index in [0.29, 0.717) is 17.7 Å². The Hall–Kier alpha value is -2.10. The molecule has 0 radical (unpaired) electrons. The molecule has 0 heterocycles. The number of esters is 1. The van der Waals surface area contributed by atoms with E-state index in [9.17, 15) is 9.59 Å². The SMILES string of the molecule is CCOC(=O)/C=C/c1ccc(C)cc1C(=O)NC. The zero-order valence-electron chi connectivity index (χ0n) is 10.8. The van der Waals surface area contributed by atoms with Crippen LogP contribution in [0.1, 0.15) is 28.4 Å². The van der Waals surface area contributed by atoms with Crippen LogP contribution in [0.2, 0.25) is 0 Å². The Kier molecular flexibility index (Phi) is 5.11. The molecule has 0 saturated carbocycles. The van der Waals surface area contributed by atoms with Crippen LogP contribution in [-0.4, -0.2) is 25.5 Å². The highest BCUT2D eigenvalue weighted by molar-refractivity contribution is 5.99. The summed E-state index contributed by atoms with van der Waals surface area (Å²) in [6.45, 7) is 3.98. The molecule has 0 aliphatic carbocycles. The maximum atomic E-state index is 11.7. The van der Waals surface area contributed by atoms with Gasteiger partial charge >= 0.3 is 5.97 Å². The topological polar surface area (TPSA) is 55.4 Å². The Morgan fingerprint density at radius 3 is 2.72 bits per heavy atom. The fraction of sp³-hybridized carbons (Fsp3) is 0.286. The van der Waals surface area contributed by atoms with E-state index >= 15 is 0 Å². The number of hydrogen-bond donors (Lipinski definition) is 1. The van der Waals surface area contributed by atoms with E-state index in [2.05, 4.69) is 5.32 Å². The van der Waals surface area contributed by atoms with Gasteiger partial charge in [-0.05, 0) is 31.6 Å². The molecule has 1 rings (SSSR count). The molecular weight excluding hydrogens is 230 g/mol. The van der Waals surface area contributed by atoms with Gasteiger partial charge in [-0.3, -0.25) is 4.79 Å². The number of aryl methyl sites for hydroxylation is 1. The smallest absolute Gasteiger partial charge is 0.330 e. The number of hydrogen-bond acceptors (Lipinski definition) is 3. The van der Waals surface area contributed by atoms with Crippen LogP contribution in [0.25, 0.3) is 6.08 Å². The van der Waals surface area contributed by atoms with Crippen LogP contribution in [0.5, 0.6) is 0 Å². The van der Waals surface area contributed by atoms with Crippen molar-refractivity contribution in [2.24, 2.45) is 0 Å². The molecule has 0 bridgehead atoms. The van der Waals surface area contributed by atoms with Crippen LogP contribution in [0.3, 0.4) is 0 Å². The van der Waals surface area contributed by atoms with Crippen LogP contribution in [0.4, 0.5) is 0 Å². The minimum absolute atomic E-state index is 0.179. The maximum absolute atomic E-state index is 11.7. The normalized spacial score (nSPS) is 10.4. The van der Waals surface area contributed by atoms with E-state index in [1.54, 1.807) is 32.2 Å². The van der Waals surface area contributed by atoms with E-state index in [4.69, 9.17) is 4.74 Å². The number of nitrogens with one attached hydrogen (secondary N) is 1. The predicted molar refractivity (Wildman–Crippen MR) is 70.2 cm³/mol. The van der Waals surface area contributed by atoms with Gasteiger partial charge < -0.3 is 10.1 Å². The lowest BCUT2D eigenvalue weighted by molar-refractivity contribution is -0.137. The molecule has 1 N–H and O–H groups in total. The number of carbonyl (C=O) groups is 2. The van der Waals surface area contributed by atoms with Crippen molar-refractivity contribution in [1.29, 1.82) is 0 Å². The monoisotopic (exact) mass is 247 g/mol. The summed E-state index contributed by atoms with van der Waals surface area (Å²) in [6, 6.07) is 5.47. The van der Waals surface area contributed by atoms with E-state index < -0.39 is 5.97 Å². The van der Waals surface area contributed by atoms with Crippen molar-refractivity contribution in [3.05, 3.63) is 41.0 Å². The highest BCUT2D eigenvalue weighted by atomic mass is 16.5. The third-order valence-electron chi connectivity index (χ3n) is 2.37. The average Bonchev–Trinajstić information content (AvgIpc) is 2.36. The Morgan fingerprint density at radius 1 is 1.39 bits per heavy atom. The van der Waals surface area contributed by atoms with Crippen LogP contribution in [-0.2, 0) is 9.53 Å². The Morgan fingerprint density at radius 2 is 2.11 bits per heavy atom. The van der Waals surface area contributed by atoms with Crippen molar-refractivity contribution in [2.45, 2.75) is 13.8 Å². The van der Waals surface area contributed by atoms with Crippen molar-refractivity contribution in [3.8, 4) is 0 Å². The summed E-state index contributed by atoms with van der Waals surface area (Å²) in [6.07, 6.45) is 2.91. The lowest BCUT2D eigenvalue weighted by Gasteiger charge is -2.06. The number of carbonyl (C=O) groups excluding carboxylic acids is 2. The summed E-state index contributed by atoms with van der Waals surface area (Å²) in [4.78, 5) is 22.9. The fourth-order valence-electron chi connectivity index (χ4n) is 1.49. The average molecular weight is 247 g/mol. The molecule has 4 heteroatoms. The number of rotatable bonds is 4. The van der Waals surface area contributed by atoms with Gasteiger partial charge in [0.25, 0.3) is 5.91 Å². The molecule has 0 spiro atoms. The third kappa shape index (κ3) is 3.73. The Balaban J connectivity index is 3.01. The van der Waals surface area contributed by atoms with Gasteiger partial charge in [-0.2, -0.15) is 0 Å². The molecule has 0 aliphatic heterocycles. The summed E-state index contributed by atoms with van der Waals surface area (Å²) in [5.41, 5.74) is 2.22. The molecule has 0 saturated heterocycles. The number of amides is 1. The second-order valence-corrected chi connectivity index (χ2v) is 3.76. The standard InChI is InChI=1S/C14H17NO3/c1-4-18-13(16)8-7-11-6-5-10(2)9-12(11)14(17)15-3/h5-9H,4H2,1-3H3,(H,15,17)/b8-7+. The first kappa shape index (κ1) is 14.0. The van der Waals surface area contributed by atoms with Gasteiger partial charge in [0.05, 0.1) is 6.61 Å². The summed E-state index contributed by atoms with van der Waals surface area (Å²) >= 11 is 0. The summed E-state index contributed by atoms with van der Waals surface area (Å²) in [7, 11) is 1.57. The molecule has 4 nitrogen and oxygen atoms in total. The van der Waals surface area contributed by atoms with Crippen LogP contribution in [0.15, 0.2) is 24.3 Å². The van der Waals surface area contributed by atoms with Crippen molar-refractivity contribution in [1.82, 2.24) is 5.32 Å². The largest absolute Gasteiger partial charge is 0.463 e. The summed E-state index contributed by atoms with van der Waals surface area (Å²) in [5.74, 6) is -0.594. The van der Waals surface area contributed by atoms with Crippen LogP contribution in [0, 0.1) is 6.92 Å². The second kappa shape index (κ2) is 6.59. The van der Waals surface area contributed by atoms with Gasteiger partial charge in [-0.1, -0.05) is 17.7 Å². The molecule has 0 aliphatic rings. The number of benzene rings is 1. The van der Waals surface area contributed by atoms with Gasteiger partial charge in [-0.15, -0.1) is 0 Å². The van der Waals surface area contributed by atoms with Crippen LogP contribution >= 0.6 is 0 Å². The van der Waals surface area contributed by atoms with Gasteiger partial charge in [0.2, 0.25) is 0 Å². The molecule has 1 aromatic carbocycles. The minimum Gasteiger partial charge on any atom is -0.463 e. The third-order valence-corrected chi connectivity index (χ3v) is 2.37. The first-order valence-electron chi connectivity index (χ1n) is 5.76. The Labute approximate surface area is 107 Å². The molecule has 0 unspecified atom stereocenters. The first-order chi connectivity index (χ1) is 8.58. The molecule has 18 heavy (non-hydrogen) atoms. The van der Waals surface area contributed by atoms with Gasteiger partial charge in [0.15, 0.2) is 0 Å². The molecule has 1 amide bonds. The molecule has 0 atom stereocenters. The second-order valence-electron chi connectivity index (χ2n) is 3.76. The highest BCUT2D eigenvalue weighted by Crippen LogP contribution is 2.13.